The van der Waals surface area contributed by atoms with Gasteiger partial charge in [0.15, 0.2) is 0 Å². The maximum absolute atomic E-state index is 12.7. The van der Waals surface area contributed by atoms with Gasteiger partial charge in [0.2, 0.25) is 5.91 Å². The lowest BCUT2D eigenvalue weighted by molar-refractivity contribution is -0.118. The number of rotatable bonds is 7. The predicted octanol–water partition coefficient (Wildman–Crippen LogP) is 3.79. The van der Waals surface area contributed by atoms with E-state index in [1.54, 1.807) is 18.2 Å². The normalized spacial score (nSPS) is 11.7. The Balaban J connectivity index is 2.15. The first-order valence-electron chi connectivity index (χ1n) is 8.82. The minimum absolute atomic E-state index is 0.0667. The van der Waals surface area contributed by atoms with Crippen molar-refractivity contribution in [2.75, 3.05) is 11.9 Å². The number of carbonyl (C=O) groups excluding carboxylic acids is 2. The molecule has 0 spiro atoms. The van der Waals surface area contributed by atoms with Crippen LogP contribution in [0.25, 0.3) is 0 Å². The molecular formula is C21H26N2O3. The highest BCUT2D eigenvalue weighted by molar-refractivity contribution is 6.02. The molecule has 0 heterocycles. The Kier molecular flexibility index (Phi) is 6.78. The molecule has 2 rings (SSSR count). The molecule has 0 unspecified atom stereocenters. The summed E-state index contributed by atoms with van der Waals surface area (Å²) in [6.07, 6.45) is 0. The standard InChI is InChI=1S/C21H26N2O3/c1-5-26-18-12-7-6-11-17(18)20(24)23-19(14(2)3)21(25)22-16-10-8-9-15(4)13-16/h6-14,19H,5H2,1-4H3,(H,22,25)(H,23,24)/t19-/m0/s1. The first kappa shape index (κ1) is 19.5. The molecule has 0 aliphatic heterocycles. The van der Waals surface area contributed by atoms with Gasteiger partial charge in [-0.3, -0.25) is 9.59 Å². The van der Waals surface area contributed by atoms with Crippen molar-refractivity contribution < 1.29 is 14.3 Å². The summed E-state index contributed by atoms with van der Waals surface area (Å²) in [7, 11) is 0. The highest BCUT2D eigenvalue weighted by Gasteiger charge is 2.26. The van der Waals surface area contributed by atoms with Gasteiger partial charge < -0.3 is 15.4 Å². The Morgan fingerprint density at radius 3 is 2.46 bits per heavy atom. The van der Waals surface area contributed by atoms with Crippen molar-refractivity contribution in [1.29, 1.82) is 0 Å². The number of carbonyl (C=O) groups is 2. The molecule has 0 radical (unpaired) electrons. The van der Waals surface area contributed by atoms with Gasteiger partial charge in [-0.05, 0) is 49.6 Å². The van der Waals surface area contributed by atoms with Crippen molar-refractivity contribution in [2.24, 2.45) is 5.92 Å². The van der Waals surface area contributed by atoms with E-state index in [1.807, 2.05) is 58.0 Å². The van der Waals surface area contributed by atoms with Gasteiger partial charge in [0.25, 0.3) is 5.91 Å². The molecule has 0 aromatic heterocycles. The molecule has 2 amide bonds. The predicted molar refractivity (Wildman–Crippen MR) is 104 cm³/mol. The second-order valence-corrected chi connectivity index (χ2v) is 6.48. The van der Waals surface area contributed by atoms with Gasteiger partial charge in [-0.1, -0.05) is 38.1 Å². The lowest BCUT2D eigenvalue weighted by Crippen LogP contribution is -2.47. The Morgan fingerprint density at radius 1 is 1.08 bits per heavy atom. The minimum Gasteiger partial charge on any atom is -0.493 e. The van der Waals surface area contributed by atoms with E-state index in [9.17, 15) is 9.59 Å². The summed E-state index contributed by atoms with van der Waals surface area (Å²) in [5, 5.41) is 5.71. The monoisotopic (exact) mass is 354 g/mol. The lowest BCUT2D eigenvalue weighted by Gasteiger charge is -2.22. The van der Waals surface area contributed by atoms with Crippen molar-refractivity contribution in [3.05, 3.63) is 59.7 Å². The molecule has 0 bridgehead atoms. The van der Waals surface area contributed by atoms with Crippen molar-refractivity contribution >= 4 is 17.5 Å². The smallest absolute Gasteiger partial charge is 0.255 e. The topological polar surface area (TPSA) is 67.4 Å². The zero-order chi connectivity index (χ0) is 19.1. The van der Waals surface area contributed by atoms with Crippen LogP contribution < -0.4 is 15.4 Å². The number of ether oxygens (including phenoxy) is 1. The summed E-state index contributed by atoms with van der Waals surface area (Å²) in [5.41, 5.74) is 2.19. The molecule has 2 aromatic carbocycles. The fourth-order valence-electron chi connectivity index (χ4n) is 2.63. The number of hydrogen-bond acceptors (Lipinski definition) is 3. The van der Waals surface area contributed by atoms with Crippen molar-refractivity contribution in [1.82, 2.24) is 5.32 Å². The minimum atomic E-state index is -0.655. The van der Waals surface area contributed by atoms with Crippen LogP contribution in [-0.4, -0.2) is 24.5 Å². The zero-order valence-corrected chi connectivity index (χ0v) is 15.7. The van der Waals surface area contributed by atoms with Crippen LogP contribution in [0.15, 0.2) is 48.5 Å². The summed E-state index contributed by atoms with van der Waals surface area (Å²) in [6.45, 7) is 8.08. The van der Waals surface area contributed by atoms with Gasteiger partial charge in [0.05, 0.1) is 12.2 Å². The highest BCUT2D eigenvalue weighted by Crippen LogP contribution is 2.19. The third-order valence-corrected chi connectivity index (χ3v) is 3.95. The second kappa shape index (κ2) is 9.04. The van der Waals surface area contributed by atoms with E-state index >= 15 is 0 Å². The molecule has 0 aliphatic carbocycles. The number of hydrogen-bond donors (Lipinski definition) is 2. The molecule has 0 fully saturated rings. The largest absolute Gasteiger partial charge is 0.493 e. The van der Waals surface area contributed by atoms with Crippen LogP contribution in [0.1, 0.15) is 36.7 Å². The van der Waals surface area contributed by atoms with Crippen LogP contribution in [0.3, 0.4) is 0 Å². The second-order valence-electron chi connectivity index (χ2n) is 6.48. The van der Waals surface area contributed by atoms with E-state index in [0.717, 1.165) is 5.56 Å². The Hall–Kier alpha value is -2.82. The molecule has 0 saturated heterocycles. The van der Waals surface area contributed by atoms with Gasteiger partial charge in [-0.25, -0.2) is 0 Å². The molecule has 0 saturated carbocycles. The lowest BCUT2D eigenvalue weighted by atomic mass is 10.0. The summed E-state index contributed by atoms with van der Waals surface area (Å²) in [6, 6.07) is 13.9. The van der Waals surface area contributed by atoms with E-state index in [1.165, 1.54) is 0 Å². The summed E-state index contributed by atoms with van der Waals surface area (Å²) >= 11 is 0. The van der Waals surface area contributed by atoms with Crippen LogP contribution in [0.2, 0.25) is 0 Å². The van der Waals surface area contributed by atoms with E-state index < -0.39 is 6.04 Å². The molecular weight excluding hydrogens is 328 g/mol. The van der Waals surface area contributed by atoms with Gasteiger partial charge in [-0.15, -0.1) is 0 Å². The van der Waals surface area contributed by atoms with Crippen LogP contribution in [0, 0.1) is 12.8 Å². The highest BCUT2D eigenvalue weighted by atomic mass is 16.5. The molecule has 26 heavy (non-hydrogen) atoms. The summed E-state index contributed by atoms with van der Waals surface area (Å²) in [5.74, 6) is -0.128. The zero-order valence-electron chi connectivity index (χ0n) is 15.7. The van der Waals surface area contributed by atoms with Gasteiger partial charge in [-0.2, -0.15) is 0 Å². The van der Waals surface area contributed by atoms with Crippen molar-refractivity contribution in [3.63, 3.8) is 0 Å². The average molecular weight is 354 g/mol. The average Bonchev–Trinajstić information content (AvgIpc) is 2.60. The quantitative estimate of drug-likeness (QED) is 0.795. The van der Waals surface area contributed by atoms with E-state index in [0.29, 0.717) is 23.6 Å². The van der Waals surface area contributed by atoms with Crippen molar-refractivity contribution in [2.45, 2.75) is 33.7 Å². The molecule has 5 heteroatoms. The van der Waals surface area contributed by atoms with E-state index in [4.69, 9.17) is 4.74 Å². The SMILES string of the molecule is CCOc1ccccc1C(=O)N[C@H](C(=O)Nc1cccc(C)c1)C(C)C. The molecule has 5 nitrogen and oxygen atoms in total. The van der Waals surface area contributed by atoms with Crippen LogP contribution in [0.4, 0.5) is 5.69 Å². The third kappa shape index (κ3) is 5.09. The Labute approximate surface area is 154 Å². The number of amides is 2. The molecule has 0 aliphatic rings. The van der Waals surface area contributed by atoms with Gasteiger partial charge >= 0.3 is 0 Å². The van der Waals surface area contributed by atoms with Crippen LogP contribution in [0.5, 0.6) is 5.75 Å². The summed E-state index contributed by atoms with van der Waals surface area (Å²) in [4.78, 5) is 25.4. The third-order valence-electron chi connectivity index (χ3n) is 3.95. The van der Waals surface area contributed by atoms with E-state index in [-0.39, 0.29) is 17.7 Å². The van der Waals surface area contributed by atoms with E-state index in [2.05, 4.69) is 10.6 Å². The summed E-state index contributed by atoms with van der Waals surface area (Å²) < 4.78 is 5.51. The maximum Gasteiger partial charge on any atom is 0.255 e. The van der Waals surface area contributed by atoms with Gasteiger partial charge in [0, 0.05) is 5.69 Å². The van der Waals surface area contributed by atoms with Crippen LogP contribution in [-0.2, 0) is 4.79 Å². The molecule has 2 N–H and O–H groups in total. The number of benzene rings is 2. The fourth-order valence-corrected chi connectivity index (χ4v) is 2.63. The molecule has 1 atom stereocenters. The number of para-hydroxylation sites is 1. The Morgan fingerprint density at radius 2 is 1.81 bits per heavy atom. The maximum atomic E-state index is 12.7. The molecule has 2 aromatic rings. The van der Waals surface area contributed by atoms with Gasteiger partial charge in [0.1, 0.15) is 11.8 Å². The Bertz CT molecular complexity index is 771. The van der Waals surface area contributed by atoms with Crippen LogP contribution >= 0.6 is 0 Å². The number of nitrogens with one attached hydrogen (secondary N) is 2. The first-order chi connectivity index (χ1) is 12.4. The number of aryl methyl sites for hydroxylation is 1. The number of anilines is 1. The first-order valence-corrected chi connectivity index (χ1v) is 8.82. The fraction of sp³-hybridized carbons (Fsp3) is 0.333. The van der Waals surface area contributed by atoms with Crippen molar-refractivity contribution in [3.8, 4) is 5.75 Å². The molecule has 138 valence electrons.